The molecule has 0 spiro atoms. The number of aryl methyl sites for hydroxylation is 1. The molecule has 0 radical (unpaired) electrons. The molecule has 0 aliphatic carbocycles. The Morgan fingerprint density at radius 2 is 1.70 bits per heavy atom. The number of hydrogen-bond donors (Lipinski definition) is 0. The predicted octanol–water partition coefficient (Wildman–Crippen LogP) is 3.65. The Kier molecular flexibility index (Phi) is 4.57. The number of ether oxygens (including phenoxy) is 1. The molecule has 100 valence electrons. The molecule has 2 aromatic rings. The molecule has 0 aliphatic heterocycles. The van der Waals surface area contributed by atoms with Crippen LogP contribution in [0.5, 0.6) is 0 Å². The van der Waals surface area contributed by atoms with E-state index in [0.717, 1.165) is 16.7 Å². The molecule has 0 bridgehead atoms. The zero-order chi connectivity index (χ0) is 14.4. The normalized spacial score (nSPS) is 11.1. The Morgan fingerprint density at radius 1 is 1.05 bits per heavy atom. The van der Waals surface area contributed by atoms with Crippen molar-refractivity contribution in [3.63, 3.8) is 0 Å². The van der Waals surface area contributed by atoms with Crippen LogP contribution in [-0.2, 0) is 9.53 Å². The van der Waals surface area contributed by atoms with Crippen LogP contribution in [0.1, 0.15) is 29.7 Å². The maximum atomic E-state index is 11.2. The predicted molar refractivity (Wildman–Crippen MR) is 79.0 cm³/mol. The van der Waals surface area contributed by atoms with Crippen LogP contribution in [-0.4, -0.2) is 5.97 Å². The average molecular weight is 264 g/mol. The van der Waals surface area contributed by atoms with E-state index in [4.69, 9.17) is 4.74 Å². The lowest BCUT2D eigenvalue weighted by molar-refractivity contribution is -0.144. The van der Waals surface area contributed by atoms with Gasteiger partial charge in [0.25, 0.3) is 0 Å². The van der Waals surface area contributed by atoms with E-state index in [1.54, 1.807) is 0 Å². The van der Waals surface area contributed by atoms with E-state index in [2.05, 4.69) is 11.8 Å². The minimum Gasteiger partial charge on any atom is -0.444 e. The fourth-order valence-electron chi connectivity index (χ4n) is 1.76. The lowest BCUT2D eigenvalue weighted by atomic mass is 10.1. The Labute approximate surface area is 119 Å². The molecule has 20 heavy (non-hydrogen) atoms. The fourth-order valence-corrected chi connectivity index (χ4v) is 1.76. The molecule has 0 aliphatic rings. The fraction of sp³-hybridized carbons (Fsp3) is 0.167. The Morgan fingerprint density at radius 3 is 2.30 bits per heavy atom. The summed E-state index contributed by atoms with van der Waals surface area (Å²) in [5.74, 6) is 5.71. The number of carbonyl (C=O) groups is 1. The van der Waals surface area contributed by atoms with Gasteiger partial charge in [-0.05, 0) is 25.0 Å². The molecule has 2 aromatic carbocycles. The van der Waals surface area contributed by atoms with Crippen molar-refractivity contribution < 1.29 is 9.53 Å². The monoisotopic (exact) mass is 264 g/mol. The molecule has 0 amide bonds. The zero-order valence-electron chi connectivity index (χ0n) is 11.6. The number of hydrogen-bond acceptors (Lipinski definition) is 2. The third-order valence-electron chi connectivity index (χ3n) is 2.79. The molecular weight excluding hydrogens is 248 g/mol. The molecule has 0 saturated heterocycles. The molecule has 2 heteroatoms. The maximum Gasteiger partial charge on any atom is 0.304 e. The van der Waals surface area contributed by atoms with Crippen LogP contribution < -0.4 is 0 Å². The van der Waals surface area contributed by atoms with Gasteiger partial charge in [-0.2, -0.15) is 0 Å². The van der Waals surface area contributed by atoms with Gasteiger partial charge in [0.1, 0.15) is 0 Å². The molecule has 0 aromatic heterocycles. The van der Waals surface area contributed by atoms with E-state index in [-0.39, 0.29) is 5.97 Å². The molecule has 0 heterocycles. The van der Waals surface area contributed by atoms with Gasteiger partial charge in [-0.1, -0.05) is 53.9 Å². The maximum absolute atomic E-state index is 11.2. The van der Waals surface area contributed by atoms with Gasteiger partial charge < -0.3 is 4.74 Å². The lowest BCUT2D eigenvalue weighted by Crippen LogP contribution is -2.06. The topological polar surface area (TPSA) is 26.3 Å². The van der Waals surface area contributed by atoms with E-state index < -0.39 is 6.10 Å². The molecule has 2 nitrogen and oxygen atoms in total. The third-order valence-corrected chi connectivity index (χ3v) is 2.79. The second-order valence-corrected chi connectivity index (χ2v) is 4.54. The van der Waals surface area contributed by atoms with Crippen molar-refractivity contribution in [3.05, 3.63) is 71.3 Å². The number of rotatable bonds is 2. The standard InChI is InChI=1S/C18H16O2/c1-14-8-11-17(12-9-14)18(20-15(2)19)13-10-16-6-4-3-5-7-16/h3-9,11-12,18H,1-2H3/t18-/m0/s1. The molecule has 2 rings (SSSR count). The van der Waals surface area contributed by atoms with Gasteiger partial charge in [-0.25, -0.2) is 0 Å². The van der Waals surface area contributed by atoms with Crippen molar-refractivity contribution in [2.24, 2.45) is 0 Å². The van der Waals surface area contributed by atoms with E-state index in [1.807, 2.05) is 61.5 Å². The highest BCUT2D eigenvalue weighted by Crippen LogP contribution is 2.17. The van der Waals surface area contributed by atoms with Crippen molar-refractivity contribution in [1.82, 2.24) is 0 Å². The minimum atomic E-state index is -0.534. The summed E-state index contributed by atoms with van der Waals surface area (Å²) in [4.78, 5) is 11.2. The molecule has 0 unspecified atom stereocenters. The Hall–Kier alpha value is -2.53. The molecule has 0 saturated carbocycles. The summed E-state index contributed by atoms with van der Waals surface area (Å²) in [7, 11) is 0. The van der Waals surface area contributed by atoms with Crippen LogP contribution in [0.15, 0.2) is 54.6 Å². The van der Waals surface area contributed by atoms with Crippen LogP contribution in [0, 0.1) is 18.8 Å². The first-order valence-corrected chi connectivity index (χ1v) is 6.45. The first-order chi connectivity index (χ1) is 9.65. The van der Waals surface area contributed by atoms with Gasteiger partial charge in [0.05, 0.1) is 0 Å². The van der Waals surface area contributed by atoms with Crippen molar-refractivity contribution in [1.29, 1.82) is 0 Å². The highest BCUT2D eigenvalue weighted by molar-refractivity contribution is 5.66. The van der Waals surface area contributed by atoms with Gasteiger partial charge in [-0.15, -0.1) is 0 Å². The molecule has 0 fully saturated rings. The third kappa shape index (κ3) is 4.00. The SMILES string of the molecule is CC(=O)O[C@@H](C#Cc1ccccc1)c1ccc(C)cc1. The van der Waals surface area contributed by atoms with Gasteiger partial charge >= 0.3 is 5.97 Å². The summed E-state index contributed by atoms with van der Waals surface area (Å²) in [5, 5.41) is 0. The first kappa shape index (κ1) is 13.9. The highest BCUT2D eigenvalue weighted by Gasteiger charge is 2.11. The molecular formula is C18H16O2. The molecule has 0 N–H and O–H groups in total. The molecule has 1 atom stereocenters. The van der Waals surface area contributed by atoms with Crippen LogP contribution in [0.25, 0.3) is 0 Å². The number of benzene rings is 2. The quantitative estimate of drug-likeness (QED) is 0.611. The second kappa shape index (κ2) is 6.58. The highest BCUT2D eigenvalue weighted by atomic mass is 16.5. The minimum absolute atomic E-state index is 0.335. The van der Waals surface area contributed by atoms with Gasteiger partial charge in [-0.3, -0.25) is 4.79 Å². The van der Waals surface area contributed by atoms with Crippen LogP contribution in [0.2, 0.25) is 0 Å². The van der Waals surface area contributed by atoms with Gasteiger partial charge in [0.2, 0.25) is 0 Å². The number of esters is 1. The summed E-state index contributed by atoms with van der Waals surface area (Å²) in [6.07, 6.45) is -0.534. The van der Waals surface area contributed by atoms with Crippen molar-refractivity contribution in [3.8, 4) is 11.8 Å². The average Bonchev–Trinajstić information content (AvgIpc) is 2.45. The van der Waals surface area contributed by atoms with Gasteiger partial charge in [0, 0.05) is 18.1 Å². The van der Waals surface area contributed by atoms with E-state index >= 15 is 0 Å². The van der Waals surface area contributed by atoms with Crippen LogP contribution in [0.4, 0.5) is 0 Å². The number of carbonyl (C=O) groups excluding carboxylic acids is 1. The van der Waals surface area contributed by atoms with Crippen molar-refractivity contribution >= 4 is 5.97 Å². The largest absolute Gasteiger partial charge is 0.444 e. The lowest BCUT2D eigenvalue weighted by Gasteiger charge is -2.11. The van der Waals surface area contributed by atoms with E-state index in [1.165, 1.54) is 6.92 Å². The van der Waals surface area contributed by atoms with E-state index in [9.17, 15) is 4.79 Å². The summed E-state index contributed by atoms with van der Waals surface area (Å²) >= 11 is 0. The Bertz CT molecular complexity index is 631. The zero-order valence-corrected chi connectivity index (χ0v) is 11.6. The van der Waals surface area contributed by atoms with Crippen LogP contribution in [0.3, 0.4) is 0 Å². The summed E-state index contributed by atoms with van der Waals surface area (Å²) in [5.41, 5.74) is 2.94. The Balaban J connectivity index is 2.27. The summed E-state index contributed by atoms with van der Waals surface area (Å²) in [6.45, 7) is 3.41. The van der Waals surface area contributed by atoms with E-state index in [0.29, 0.717) is 0 Å². The van der Waals surface area contributed by atoms with Crippen molar-refractivity contribution in [2.75, 3.05) is 0 Å². The van der Waals surface area contributed by atoms with Gasteiger partial charge in [0.15, 0.2) is 6.10 Å². The summed E-state index contributed by atoms with van der Waals surface area (Å²) < 4.78 is 5.29. The first-order valence-electron chi connectivity index (χ1n) is 6.45. The van der Waals surface area contributed by atoms with Crippen molar-refractivity contribution in [2.45, 2.75) is 20.0 Å². The second-order valence-electron chi connectivity index (χ2n) is 4.54. The van der Waals surface area contributed by atoms with Crippen LogP contribution >= 0.6 is 0 Å². The smallest absolute Gasteiger partial charge is 0.304 e. The summed E-state index contributed by atoms with van der Waals surface area (Å²) in [6, 6.07) is 17.5.